The van der Waals surface area contributed by atoms with Gasteiger partial charge in [-0.3, -0.25) is 0 Å². The molecule has 0 radical (unpaired) electrons. The molecule has 3 aliphatic carbocycles. The average molecular weight is 900 g/mol. The molecule has 0 saturated carbocycles. The fourth-order valence-electron chi connectivity index (χ4n) is 13.7. The normalized spacial score (nSPS) is 21.5. The highest BCUT2D eigenvalue weighted by Gasteiger charge is 2.48. The van der Waals surface area contributed by atoms with Gasteiger partial charge in [-0.15, -0.1) is 0 Å². The van der Waals surface area contributed by atoms with Crippen LogP contribution in [0, 0.1) is 13.8 Å². The lowest BCUT2D eigenvalue weighted by molar-refractivity contribution is 0.332. The molecule has 0 atom stereocenters. The van der Waals surface area contributed by atoms with E-state index in [1.54, 1.807) is 0 Å². The molecule has 11 rings (SSSR count). The van der Waals surface area contributed by atoms with E-state index in [1.807, 2.05) is 6.07 Å². The fourth-order valence-corrected chi connectivity index (χ4v) is 13.7. The van der Waals surface area contributed by atoms with E-state index in [-0.39, 0.29) is 44.6 Å². The molecule has 0 bridgehead atoms. The molecule has 2 nitrogen and oxygen atoms in total. The van der Waals surface area contributed by atoms with Crippen molar-refractivity contribution >= 4 is 57.2 Å². The number of fused-ring (bicyclic) bond motifs is 7. The number of benzene rings is 6. The summed E-state index contributed by atoms with van der Waals surface area (Å²) in [5, 5.41) is 0. The number of anilines is 6. The van der Waals surface area contributed by atoms with Crippen LogP contribution < -0.4 is 26.2 Å². The highest BCUT2D eigenvalue weighted by Crippen LogP contribution is 2.54. The van der Waals surface area contributed by atoms with Crippen molar-refractivity contribution in [1.29, 1.82) is 0 Å². The molecule has 0 saturated heterocycles. The first-order valence-electron chi connectivity index (χ1n) is 27.4. The van der Waals surface area contributed by atoms with Crippen LogP contribution in [0.25, 0.3) is 0 Å². The van der Waals surface area contributed by atoms with Gasteiger partial charge in [-0.05, 0) is 199 Å². The maximum Gasteiger partial charge on any atom is 0.252 e. The van der Waals surface area contributed by atoms with E-state index in [4.69, 9.17) is 0 Å². The van der Waals surface area contributed by atoms with Crippen molar-refractivity contribution in [2.24, 2.45) is 0 Å². The Morgan fingerprint density at radius 1 is 0.441 bits per heavy atom. The second kappa shape index (κ2) is 14.5. The van der Waals surface area contributed by atoms with Gasteiger partial charge in [0.25, 0.3) is 6.71 Å². The lowest BCUT2D eigenvalue weighted by atomic mass is 9.33. The van der Waals surface area contributed by atoms with E-state index in [0.717, 1.165) is 72.6 Å². The Kier molecular flexibility index (Phi) is 8.95. The Balaban J connectivity index is 1.29. The number of rotatable bonds is 4. The largest absolute Gasteiger partial charge is 0.311 e. The van der Waals surface area contributed by atoms with Gasteiger partial charge in [-0.1, -0.05) is 158 Å². The molecule has 2 heterocycles. The summed E-state index contributed by atoms with van der Waals surface area (Å²) in [4.78, 5) is 4.99. The first-order valence-corrected chi connectivity index (χ1v) is 25.9. The molecule has 2 aliphatic heterocycles. The van der Waals surface area contributed by atoms with Crippen LogP contribution in [0.1, 0.15) is 195 Å². The summed E-state index contributed by atoms with van der Waals surface area (Å²) in [6.07, 6.45) is 6.71. The molecule has 350 valence electrons. The second-order valence-corrected chi connectivity index (χ2v) is 26.5. The predicted molar refractivity (Wildman–Crippen MR) is 294 cm³/mol. The van der Waals surface area contributed by atoms with Crippen LogP contribution in [-0.4, -0.2) is 6.71 Å². The van der Waals surface area contributed by atoms with Crippen molar-refractivity contribution in [2.75, 3.05) is 9.80 Å². The van der Waals surface area contributed by atoms with Crippen molar-refractivity contribution in [3.05, 3.63) is 159 Å². The smallest absolute Gasteiger partial charge is 0.252 e. The third-order valence-electron chi connectivity index (χ3n) is 18.8. The molecule has 6 aromatic rings. The lowest BCUT2D eigenvalue weighted by Crippen LogP contribution is -2.62. The van der Waals surface area contributed by atoms with Crippen LogP contribution >= 0.6 is 0 Å². The van der Waals surface area contributed by atoms with Gasteiger partial charge in [-0.25, -0.2) is 0 Å². The highest BCUT2D eigenvalue weighted by atomic mass is 15.2. The monoisotopic (exact) mass is 900 g/mol. The van der Waals surface area contributed by atoms with Gasteiger partial charge in [0.05, 0.1) is 0 Å². The molecule has 68 heavy (non-hydrogen) atoms. The molecule has 3 heteroatoms. The Bertz CT molecular complexity index is 3200. The summed E-state index contributed by atoms with van der Waals surface area (Å²) in [5.41, 5.74) is 22.4. The van der Waals surface area contributed by atoms with Crippen molar-refractivity contribution in [3.8, 4) is 0 Å². The zero-order valence-corrected chi connectivity index (χ0v) is 44.0. The van der Waals surface area contributed by atoms with E-state index in [9.17, 15) is 4.11 Å². The minimum atomic E-state index is -2.36. The van der Waals surface area contributed by atoms with Crippen LogP contribution in [0.15, 0.2) is 103 Å². The molecular formula is C65H77BN2. The van der Waals surface area contributed by atoms with E-state index < -0.39 is 6.85 Å². The first kappa shape index (κ1) is 41.9. The fraction of sp³-hybridized carbons (Fsp3) is 0.446. The summed E-state index contributed by atoms with van der Waals surface area (Å²) >= 11 is 0. The molecule has 0 unspecified atom stereocenters. The molecule has 0 spiro atoms. The minimum absolute atomic E-state index is 0.0200. The SMILES string of the molecule is [2H]C([2H])([2H])c1cc2c3c(c1)N(c1cc4c(cc1C)C(C)(C)CCC4(C)C)c1ccc(C(C)(C)c4ccccc4)cc1B3c1cc3c(cc1N2c1ccc2c(c1)C(C)(C)CCC2(C)C)C(C)(C)CCC3(C)C. The van der Waals surface area contributed by atoms with Crippen molar-refractivity contribution in [3.63, 3.8) is 0 Å². The number of nitrogens with zero attached hydrogens (tertiary/aromatic N) is 2. The second-order valence-electron chi connectivity index (χ2n) is 26.5. The molecular weight excluding hydrogens is 820 g/mol. The van der Waals surface area contributed by atoms with Crippen LogP contribution in [0.3, 0.4) is 0 Å². The van der Waals surface area contributed by atoms with Crippen molar-refractivity contribution in [2.45, 2.75) is 187 Å². The Morgan fingerprint density at radius 3 is 1.50 bits per heavy atom. The van der Waals surface area contributed by atoms with E-state index in [0.29, 0.717) is 5.56 Å². The number of aryl methyl sites for hydroxylation is 2. The third kappa shape index (κ3) is 6.63. The molecule has 5 aliphatic rings. The first-order chi connectivity index (χ1) is 32.9. The van der Waals surface area contributed by atoms with Crippen molar-refractivity contribution in [1.82, 2.24) is 0 Å². The van der Waals surface area contributed by atoms with Gasteiger partial charge in [-0.2, -0.15) is 0 Å². The number of hydrogen-bond acceptors (Lipinski definition) is 2. The van der Waals surface area contributed by atoms with Crippen LogP contribution in [0.2, 0.25) is 0 Å². The molecule has 6 aromatic carbocycles. The van der Waals surface area contributed by atoms with Gasteiger partial charge >= 0.3 is 0 Å². The third-order valence-corrected chi connectivity index (χ3v) is 18.8. The van der Waals surface area contributed by atoms with Gasteiger partial charge in [0.1, 0.15) is 0 Å². The Hall–Kier alpha value is -5.02. The van der Waals surface area contributed by atoms with Gasteiger partial charge < -0.3 is 9.80 Å². The maximum atomic E-state index is 9.24. The zero-order chi connectivity index (χ0) is 51.0. The van der Waals surface area contributed by atoms with Gasteiger partial charge in [0, 0.05) is 43.7 Å². The van der Waals surface area contributed by atoms with Crippen LogP contribution in [0.5, 0.6) is 0 Å². The summed E-state index contributed by atoms with van der Waals surface area (Å²) in [6, 6.07) is 39.7. The molecule has 0 N–H and O–H groups in total. The molecule has 0 amide bonds. The maximum absolute atomic E-state index is 9.24. The number of hydrogen-bond donors (Lipinski definition) is 0. The van der Waals surface area contributed by atoms with E-state index >= 15 is 0 Å². The molecule has 0 aromatic heterocycles. The quantitative estimate of drug-likeness (QED) is 0.162. The lowest BCUT2D eigenvalue weighted by Gasteiger charge is -2.48. The average Bonchev–Trinajstić information content (AvgIpc) is 3.30. The summed E-state index contributed by atoms with van der Waals surface area (Å²) in [7, 11) is 0. The summed E-state index contributed by atoms with van der Waals surface area (Å²) < 4.78 is 27.7. The van der Waals surface area contributed by atoms with Gasteiger partial charge in [0.15, 0.2) is 0 Å². The van der Waals surface area contributed by atoms with Crippen LogP contribution in [0.4, 0.5) is 34.1 Å². The standard InChI is InChI=1S/C65H77BN2/c1-40-32-56-58-57(33-40)68(54-38-49-46(34-41(54)2)60(5,6)28-30-63(49,11)12)53-25-22-43(65(15,16)42-20-18-17-19-21-42)35-51(53)66(58)52-37-48-50(64(13,14)31-29-62(48,9)10)39-55(52)67(56)44-23-24-45-47(36-44)61(7,8)27-26-59(45,3)4/h17-25,32-39H,26-31H2,1-16H3/i1D3. The summed E-state index contributed by atoms with van der Waals surface area (Å²) in [6.45, 7) is 33.5. The van der Waals surface area contributed by atoms with E-state index in [1.165, 1.54) is 66.5 Å². The summed E-state index contributed by atoms with van der Waals surface area (Å²) in [5.74, 6) is 0. The molecule has 0 fully saturated rings. The Morgan fingerprint density at radius 2 is 0.926 bits per heavy atom. The van der Waals surface area contributed by atoms with E-state index in [2.05, 4.69) is 211 Å². The van der Waals surface area contributed by atoms with Crippen molar-refractivity contribution < 1.29 is 4.11 Å². The predicted octanol–water partition coefficient (Wildman–Crippen LogP) is 15.8. The zero-order valence-electron chi connectivity index (χ0n) is 47.0. The minimum Gasteiger partial charge on any atom is -0.311 e. The van der Waals surface area contributed by atoms with Crippen LogP contribution in [-0.2, 0) is 37.9 Å². The Labute approximate surface area is 415 Å². The van der Waals surface area contributed by atoms with Gasteiger partial charge in [0.2, 0.25) is 0 Å². The topological polar surface area (TPSA) is 6.48 Å². The highest BCUT2D eigenvalue weighted by molar-refractivity contribution is 7.00.